The Labute approximate surface area is 203 Å². The van der Waals surface area contributed by atoms with Gasteiger partial charge in [0.15, 0.2) is 0 Å². The Kier molecular flexibility index (Phi) is 14.9. The summed E-state index contributed by atoms with van der Waals surface area (Å²) in [6.45, 7) is 3.93. The lowest BCUT2D eigenvalue weighted by Gasteiger charge is -2.25. The van der Waals surface area contributed by atoms with E-state index in [4.69, 9.17) is 22.3 Å². The average Bonchev–Trinajstić information content (AvgIpc) is 2.74. The van der Waals surface area contributed by atoms with E-state index in [1.54, 1.807) is 13.8 Å². The highest BCUT2D eigenvalue weighted by atomic mass is 16.4. The Morgan fingerprint density at radius 3 is 1.83 bits per heavy atom. The van der Waals surface area contributed by atoms with Crippen molar-refractivity contribution in [2.24, 2.45) is 23.1 Å². The van der Waals surface area contributed by atoms with Crippen LogP contribution < -0.4 is 33.2 Å². The van der Waals surface area contributed by atoms with Crippen LogP contribution in [0, 0.1) is 5.92 Å². The second-order valence-electron chi connectivity index (χ2n) is 8.65. The molecule has 4 atom stereocenters. The molecule has 0 saturated carbocycles. The van der Waals surface area contributed by atoms with E-state index < -0.39 is 66.2 Å². The first-order valence-electron chi connectivity index (χ1n) is 11.4. The number of nitrogens with two attached hydrogens (primary N) is 3. The number of hydrogen-bond donors (Lipinski definition) is 8. The van der Waals surface area contributed by atoms with Crippen molar-refractivity contribution in [3.05, 3.63) is 0 Å². The molecule has 4 unspecified atom stereocenters. The standard InChI is InChI=1S/C21H38N6O8/c1-11(2)9-15(21(34)35)27-19(32)13(6-7-16(24)28)25-20(33)14(10-17(29)30)26-18(31)12(23)5-3-4-8-22/h11-15H,3-10,22-23H2,1-2H3,(H2,24,28)(H,25,33)(H,26,31)(H,27,32)(H,29,30)(H,34,35). The van der Waals surface area contributed by atoms with Crippen LogP contribution in [0.4, 0.5) is 0 Å². The fourth-order valence-corrected chi connectivity index (χ4v) is 3.10. The van der Waals surface area contributed by atoms with Crippen LogP contribution in [0.3, 0.4) is 0 Å². The molecule has 0 aromatic heterocycles. The molecule has 0 aliphatic heterocycles. The van der Waals surface area contributed by atoms with Crippen molar-refractivity contribution in [2.75, 3.05) is 6.54 Å². The fourth-order valence-electron chi connectivity index (χ4n) is 3.10. The second kappa shape index (κ2) is 16.4. The van der Waals surface area contributed by atoms with Crippen molar-refractivity contribution in [2.45, 2.75) is 83.0 Å². The Bertz CT molecular complexity index is 760. The minimum atomic E-state index is -1.57. The lowest BCUT2D eigenvalue weighted by molar-refractivity contribution is -0.143. The zero-order valence-electron chi connectivity index (χ0n) is 20.1. The molecule has 0 aromatic carbocycles. The van der Waals surface area contributed by atoms with Gasteiger partial charge in [-0.3, -0.25) is 24.0 Å². The van der Waals surface area contributed by atoms with Crippen LogP contribution in [0.25, 0.3) is 0 Å². The van der Waals surface area contributed by atoms with Gasteiger partial charge in [0.1, 0.15) is 18.1 Å². The van der Waals surface area contributed by atoms with Crippen LogP contribution in [0.5, 0.6) is 0 Å². The first-order valence-corrected chi connectivity index (χ1v) is 11.4. The summed E-state index contributed by atoms with van der Waals surface area (Å²) < 4.78 is 0. The lowest BCUT2D eigenvalue weighted by atomic mass is 10.0. The molecule has 0 saturated heterocycles. The van der Waals surface area contributed by atoms with E-state index in [-0.39, 0.29) is 31.6 Å². The van der Waals surface area contributed by atoms with Gasteiger partial charge in [0.25, 0.3) is 0 Å². The number of primary amides is 1. The van der Waals surface area contributed by atoms with Crippen molar-refractivity contribution in [3.8, 4) is 0 Å². The minimum Gasteiger partial charge on any atom is -0.481 e. The van der Waals surface area contributed by atoms with E-state index in [0.717, 1.165) is 0 Å². The number of carbonyl (C=O) groups excluding carboxylic acids is 4. The number of amides is 4. The predicted molar refractivity (Wildman–Crippen MR) is 124 cm³/mol. The van der Waals surface area contributed by atoms with E-state index >= 15 is 0 Å². The predicted octanol–water partition coefficient (Wildman–Crippen LogP) is -2.23. The Morgan fingerprint density at radius 2 is 1.34 bits per heavy atom. The Hall–Kier alpha value is -3.26. The smallest absolute Gasteiger partial charge is 0.326 e. The summed E-state index contributed by atoms with van der Waals surface area (Å²) in [5, 5.41) is 25.4. The maximum Gasteiger partial charge on any atom is 0.326 e. The summed E-state index contributed by atoms with van der Waals surface area (Å²) >= 11 is 0. The molecule has 14 heteroatoms. The number of unbranched alkanes of at least 4 members (excludes halogenated alkanes) is 1. The van der Waals surface area contributed by atoms with Crippen molar-refractivity contribution < 1.29 is 39.0 Å². The van der Waals surface area contributed by atoms with Crippen LogP contribution in [0.1, 0.15) is 58.8 Å². The maximum atomic E-state index is 12.8. The van der Waals surface area contributed by atoms with Crippen LogP contribution >= 0.6 is 0 Å². The highest BCUT2D eigenvalue weighted by molar-refractivity contribution is 5.95. The van der Waals surface area contributed by atoms with Gasteiger partial charge in [0.05, 0.1) is 12.5 Å². The second-order valence-corrected chi connectivity index (χ2v) is 8.65. The number of carboxylic acids is 2. The topological polar surface area (TPSA) is 257 Å². The first kappa shape index (κ1) is 31.7. The molecule has 4 amide bonds. The molecule has 0 rings (SSSR count). The first-order chi connectivity index (χ1) is 16.3. The minimum absolute atomic E-state index is 0.0701. The van der Waals surface area contributed by atoms with Gasteiger partial charge >= 0.3 is 11.9 Å². The largest absolute Gasteiger partial charge is 0.481 e. The summed E-state index contributed by atoms with van der Waals surface area (Å²) in [5.41, 5.74) is 16.3. The van der Waals surface area contributed by atoms with Crippen LogP contribution in [0.2, 0.25) is 0 Å². The number of hydrogen-bond acceptors (Lipinski definition) is 8. The van der Waals surface area contributed by atoms with Crippen molar-refractivity contribution in [3.63, 3.8) is 0 Å². The quantitative estimate of drug-likeness (QED) is 0.0935. The van der Waals surface area contributed by atoms with Crippen molar-refractivity contribution >= 4 is 35.6 Å². The molecule has 0 aliphatic carbocycles. The summed E-state index contributed by atoms with van der Waals surface area (Å²) in [6, 6.07) is -5.24. The zero-order valence-corrected chi connectivity index (χ0v) is 20.1. The molecule has 0 radical (unpaired) electrons. The van der Waals surface area contributed by atoms with Gasteiger partial charge in [-0.15, -0.1) is 0 Å². The van der Waals surface area contributed by atoms with Gasteiger partial charge in [0, 0.05) is 6.42 Å². The van der Waals surface area contributed by atoms with Crippen LogP contribution in [0.15, 0.2) is 0 Å². The molecule has 0 heterocycles. The monoisotopic (exact) mass is 502 g/mol. The van der Waals surface area contributed by atoms with E-state index in [2.05, 4.69) is 16.0 Å². The summed E-state index contributed by atoms with van der Waals surface area (Å²) in [4.78, 5) is 71.8. The molecule has 0 aromatic rings. The molecule has 0 bridgehead atoms. The van der Waals surface area contributed by atoms with E-state index in [0.29, 0.717) is 19.4 Å². The average molecular weight is 503 g/mol. The molecular formula is C21H38N6O8. The summed E-state index contributed by atoms with van der Waals surface area (Å²) in [6.07, 6.45) is 0.165. The zero-order chi connectivity index (χ0) is 27.1. The normalized spacial score (nSPS) is 14.3. The van der Waals surface area contributed by atoms with Gasteiger partial charge < -0.3 is 43.4 Å². The molecule has 14 nitrogen and oxygen atoms in total. The number of nitrogens with one attached hydrogen (secondary N) is 3. The number of carbonyl (C=O) groups is 6. The van der Waals surface area contributed by atoms with Crippen molar-refractivity contribution in [1.29, 1.82) is 0 Å². The van der Waals surface area contributed by atoms with Gasteiger partial charge in [-0.25, -0.2) is 4.79 Å². The van der Waals surface area contributed by atoms with Gasteiger partial charge in [0.2, 0.25) is 23.6 Å². The van der Waals surface area contributed by atoms with E-state index in [1.165, 1.54) is 0 Å². The van der Waals surface area contributed by atoms with Gasteiger partial charge in [-0.2, -0.15) is 0 Å². The molecule has 35 heavy (non-hydrogen) atoms. The molecule has 200 valence electrons. The van der Waals surface area contributed by atoms with Crippen molar-refractivity contribution in [1.82, 2.24) is 16.0 Å². The third kappa shape index (κ3) is 13.9. The van der Waals surface area contributed by atoms with Crippen LogP contribution in [-0.4, -0.2) is 76.5 Å². The lowest BCUT2D eigenvalue weighted by Crippen LogP contribution is -2.57. The Morgan fingerprint density at radius 1 is 0.800 bits per heavy atom. The SMILES string of the molecule is CC(C)CC(NC(=O)C(CCC(N)=O)NC(=O)C(CC(=O)O)NC(=O)C(N)CCCCN)C(=O)O. The fraction of sp³-hybridized carbons (Fsp3) is 0.714. The highest BCUT2D eigenvalue weighted by Gasteiger charge is 2.31. The highest BCUT2D eigenvalue weighted by Crippen LogP contribution is 2.08. The molecule has 0 aliphatic rings. The molecule has 0 fully saturated rings. The molecule has 0 spiro atoms. The van der Waals surface area contributed by atoms with Crippen LogP contribution in [-0.2, 0) is 28.8 Å². The summed E-state index contributed by atoms with van der Waals surface area (Å²) in [7, 11) is 0. The molecular weight excluding hydrogens is 464 g/mol. The van der Waals surface area contributed by atoms with Gasteiger partial charge in [-0.1, -0.05) is 20.3 Å². The third-order valence-electron chi connectivity index (χ3n) is 4.95. The van der Waals surface area contributed by atoms with E-state index in [1.807, 2.05) is 0 Å². The number of aliphatic carboxylic acids is 2. The third-order valence-corrected chi connectivity index (χ3v) is 4.95. The van der Waals surface area contributed by atoms with Gasteiger partial charge in [-0.05, 0) is 38.1 Å². The summed E-state index contributed by atoms with van der Waals surface area (Å²) in [5.74, 6) is -6.20. The Balaban J connectivity index is 5.52. The number of rotatable bonds is 18. The maximum absolute atomic E-state index is 12.8. The molecule has 11 N–H and O–H groups in total. The van der Waals surface area contributed by atoms with E-state index in [9.17, 15) is 33.9 Å². The number of carboxylic acid groups (broad SMARTS) is 2.